The maximum Gasteiger partial charge on any atom is 0.417 e. The molecule has 3 aromatic rings. The first-order valence-corrected chi connectivity index (χ1v) is 8.22. The Labute approximate surface area is 162 Å². The third kappa shape index (κ3) is 3.63. The first-order valence-electron chi connectivity index (χ1n) is 7.84. The van der Waals surface area contributed by atoms with Crippen LogP contribution >= 0.6 is 11.6 Å². The second-order valence-electron chi connectivity index (χ2n) is 5.90. The van der Waals surface area contributed by atoms with E-state index in [1.54, 1.807) is 36.2 Å². The normalized spacial score (nSPS) is 11.5. The van der Waals surface area contributed by atoms with E-state index in [9.17, 15) is 23.3 Å². The minimum atomic E-state index is -4.80. The fraction of sp³-hybridized carbons (Fsp3) is 0.176. The van der Waals surface area contributed by atoms with Gasteiger partial charge in [-0.05, 0) is 30.3 Å². The van der Waals surface area contributed by atoms with Gasteiger partial charge in [0.2, 0.25) is 5.95 Å². The molecule has 0 saturated heterocycles. The molecule has 146 valence electrons. The maximum absolute atomic E-state index is 13.5. The van der Waals surface area contributed by atoms with Gasteiger partial charge in [-0.3, -0.25) is 14.7 Å². The molecule has 0 unspecified atom stereocenters. The second-order valence-corrected chi connectivity index (χ2v) is 6.34. The van der Waals surface area contributed by atoms with E-state index in [1.807, 2.05) is 0 Å². The summed E-state index contributed by atoms with van der Waals surface area (Å²) in [5.74, 6) is 0.210. The quantitative estimate of drug-likeness (QED) is 0.454. The largest absolute Gasteiger partial charge is 0.417 e. The van der Waals surface area contributed by atoms with Crippen molar-refractivity contribution < 1.29 is 18.1 Å². The highest BCUT2D eigenvalue weighted by atomic mass is 35.5. The van der Waals surface area contributed by atoms with E-state index < -0.39 is 22.4 Å². The minimum Gasteiger partial charge on any atom is -0.314 e. The van der Waals surface area contributed by atoms with Crippen LogP contribution in [-0.4, -0.2) is 26.7 Å². The monoisotopic (exact) mass is 411 g/mol. The number of aromatic nitrogens is 3. The lowest BCUT2D eigenvalue weighted by molar-refractivity contribution is -0.385. The number of anilines is 2. The molecule has 7 nitrogen and oxygen atoms in total. The summed E-state index contributed by atoms with van der Waals surface area (Å²) in [4.78, 5) is 11.6. The van der Waals surface area contributed by atoms with E-state index >= 15 is 0 Å². The highest BCUT2D eigenvalue weighted by Gasteiger charge is 2.36. The molecule has 0 aliphatic carbocycles. The van der Waals surface area contributed by atoms with Gasteiger partial charge < -0.3 is 4.90 Å². The summed E-state index contributed by atoms with van der Waals surface area (Å²) < 4.78 is 41.8. The molecule has 0 spiro atoms. The lowest BCUT2D eigenvalue weighted by Crippen LogP contribution is -2.15. The Hall–Kier alpha value is -3.14. The Bertz CT molecular complexity index is 1030. The molecule has 0 saturated carbocycles. The van der Waals surface area contributed by atoms with Crippen LogP contribution in [0.25, 0.3) is 11.4 Å². The average Bonchev–Trinajstić information content (AvgIpc) is 3.01. The Morgan fingerprint density at radius 3 is 2.36 bits per heavy atom. The number of halogens is 4. The summed E-state index contributed by atoms with van der Waals surface area (Å²) in [6.45, 7) is 0. The molecule has 0 fully saturated rings. The van der Waals surface area contributed by atoms with Gasteiger partial charge in [0.1, 0.15) is 0 Å². The van der Waals surface area contributed by atoms with Gasteiger partial charge >= 0.3 is 6.18 Å². The third-order valence-corrected chi connectivity index (χ3v) is 4.38. The minimum absolute atomic E-state index is 0.0713. The first-order chi connectivity index (χ1) is 13.1. The number of nitro benzene ring substituents is 1. The van der Waals surface area contributed by atoms with Crippen LogP contribution in [0.5, 0.6) is 0 Å². The molecule has 0 amide bonds. The van der Waals surface area contributed by atoms with Crippen LogP contribution < -0.4 is 4.90 Å². The zero-order chi connectivity index (χ0) is 20.6. The summed E-state index contributed by atoms with van der Waals surface area (Å²) in [5.41, 5.74) is -1.41. The van der Waals surface area contributed by atoms with Crippen LogP contribution in [0.3, 0.4) is 0 Å². The van der Waals surface area contributed by atoms with Gasteiger partial charge in [-0.1, -0.05) is 11.6 Å². The van der Waals surface area contributed by atoms with Gasteiger partial charge in [-0.2, -0.15) is 13.2 Å². The van der Waals surface area contributed by atoms with Crippen molar-refractivity contribution in [2.24, 2.45) is 7.05 Å². The molecule has 11 heteroatoms. The molecular weight excluding hydrogens is 399 g/mol. The molecule has 28 heavy (non-hydrogen) atoms. The van der Waals surface area contributed by atoms with Crippen molar-refractivity contribution in [2.45, 2.75) is 6.18 Å². The van der Waals surface area contributed by atoms with Crippen molar-refractivity contribution in [1.29, 1.82) is 0 Å². The van der Waals surface area contributed by atoms with Crippen LogP contribution in [0, 0.1) is 10.1 Å². The Kier molecular flexibility index (Phi) is 4.99. The standard InChI is InChI=1S/C17H13ClF3N5O2/c1-24(11-5-3-10(18)4-6-11)16-23-22-15(25(16)2)13-8-7-12(26(27)28)9-14(13)17(19,20)21/h3-9H,1-2H3. The number of nitrogens with zero attached hydrogens (tertiary/aromatic N) is 5. The maximum atomic E-state index is 13.5. The van der Waals surface area contributed by atoms with Crippen molar-refractivity contribution in [3.05, 3.63) is 63.2 Å². The molecule has 0 radical (unpaired) electrons. The van der Waals surface area contributed by atoms with Gasteiger partial charge in [0.05, 0.1) is 10.5 Å². The fourth-order valence-corrected chi connectivity index (χ4v) is 2.83. The Balaban J connectivity index is 2.09. The molecule has 0 aliphatic heterocycles. The van der Waals surface area contributed by atoms with E-state index in [1.165, 1.54) is 11.6 Å². The lowest BCUT2D eigenvalue weighted by atomic mass is 10.1. The van der Waals surface area contributed by atoms with Crippen molar-refractivity contribution in [3.8, 4) is 11.4 Å². The SMILES string of the molecule is CN(c1ccc(Cl)cc1)c1nnc(-c2ccc([N+](=O)[O-])cc2C(F)(F)F)n1C. The lowest BCUT2D eigenvalue weighted by Gasteiger charge is -2.18. The van der Waals surface area contributed by atoms with Crippen LogP contribution in [0.15, 0.2) is 42.5 Å². The van der Waals surface area contributed by atoms with Gasteiger partial charge in [-0.15, -0.1) is 10.2 Å². The van der Waals surface area contributed by atoms with Crippen molar-refractivity contribution in [3.63, 3.8) is 0 Å². The number of benzene rings is 2. The second kappa shape index (κ2) is 7.12. The van der Waals surface area contributed by atoms with Crippen LogP contribution in [0.4, 0.5) is 30.5 Å². The number of nitro groups is 1. The summed E-state index contributed by atoms with van der Waals surface area (Å²) >= 11 is 5.87. The Morgan fingerprint density at radius 1 is 1.14 bits per heavy atom. The van der Waals surface area contributed by atoms with E-state index in [0.29, 0.717) is 16.8 Å². The molecule has 0 N–H and O–H groups in total. The molecule has 0 aliphatic rings. The average molecular weight is 412 g/mol. The smallest absolute Gasteiger partial charge is 0.314 e. The van der Waals surface area contributed by atoms with E-state index in [0.717, 1.165) is 12.1 Å². The molecule has 3 rings (SSSR count). The fourth-order valence-electron chi connectivity index (χ4n) is 2.70. The van der Waals surface area contributed by atoms with Gasteiger partial charge in [-0.25, -0.2) is 0 Å². The van der Waals surface area contributed by atoms with Crippen LogP contribution in [0.2, 0.25) is 5.02 Å². The van der Waals surface area contributed by atoms with Crippen molar-refractivity contribution in [1.82, 2.24) is 14.8 Å². The van der Waals surface area contributed by atoms with Crippen LogP contribution in [0.1, 0.15) is 5.56 Å². The molecule has 0 atom stereocenters. The molecule has 2 aromatic carbocycles. The summed E-state index contributed by atoms with van der Waals surface area (Å²) in [5, 5.41) is 19.2. The predicted octanol–water partition coefficient (Wildman–Crippen LogP) is 4.83. The van der Waals surface area contributed by atoms with Crippen molar-refractivity contribution in [2.75, 3.05) is 11.9 Å². The van der Waals surface area contributed by atoms with Gasteiger partial charge in [0.15, 0.2) is 5.82 Å². The van der Waals surface area contributed by atoms with E-state index in [4.69, 9.17) is 11.6 Å². The number of alkyl halides is 3. The van der Waals surface area contributed by atoms with E-state index in [2.05, 4.69) is 10.2 Å². The third-order valence-electron chi connectivity index (χ3n) is 4.13. The highest BCUT2D eigenvalue weighted by molar-refractivity contribution is 6.30. The number of hydrogen-bond donors (Lipinski definition) is 0. The topological polar surface area (TPSA) is 77.1 Å². The molecular formula is C17H13ClF3N5O2. The molecule has 0 bridgehead atoms. The Morgan fingerprint density at radius 2 is 1.79 bits per heavy atom. The first kappa shape index (κ1) is 19.6. The predicted molar refractivity (Wildman–Crippen MR) is 97.6 cm³/mol. The number of rotatable bonds is 4. The van der Waals surface area contributed by atoms with Gasteiger partial charge in [0, 0.05) is 42.5 Å². The summed E-state index contributed by atoms with van der Waals surface area (Å²) in [6, 6.07) is 9.31. The summed E-state index contributed by atoms with van der Waals surface area (Å²) in [6.07, 6.45) is -4.80. The molecule has 1 aromatic heterocycles. The highest BCUT2D eigenvalue weighted by Crippen LogP contribution is 2.39. The summed E-state index contributed by atoms with van der Waals surface area (Å²) in [7, 11) is 3.19. The zero-order valence-electron chi connectivity index (χ0n) is 14.6. The van der Waals surface area contributed by atoms with Crippen LogP contribution in [-0.2, 0) is 13.2 Å². The van der Waals surface area contributed by atoms with E-state index in [-0.39, 0.29) is 17.3 Å². The number of non-ortho nitro benzene ring substituents is 1. The zero-order valence-corrected chi connectivity index (χ0v) is 15.4. The van der Waals surface area contributed by atoms with Crippen molar-refractivity contribution >= 4 is 28.9 Å². The molecule has 1 heterocycles. The number of hydrogen-bond acceptors (Lipinski definition) is 5. The van der Waals surface area contributed by atoms with Gasteiger partial charge in [0.25, 0.3) is 5.69 Å².